The maximum absolute atomic E-state index is 13.4. The molecule has 0 bridgehead atoms. The summed E-state index contributed by atoms with van der Waals surface area (Å²) in [5, 5.41) is 0.671. The number of aliphatic imine (C=N–C) groups is 1. The number of hydrogen-bond acceptors (Lipinski definition) is 5. The van der Waals surface area contributed by atoms with Crippen LogP contribution in [0.15, 0.2) is 87.2 Å². The molecular weight excluding hydrogens is 500 g/mol. The minimum atomic E-state index is -0.0627. The smallest absolute Gasteiger partial charge is 0.266 e. The molecule has 0 saturated carbocycles. The van der Waals surface area contributed by atoms with Crippen molar-refractivity contribution in [3.05, 3.63) is 93.3 Å². The van der Waals surface area contributed by atoms with E-state index in [2.05, 4.69) is 28.1 Å². The van der Waals surface area contributed by atoms with E-state index in [1.54, 1.807) is 19.1 Å². The van der Waals surface area contributed by atoms with Crippen LogP contribution in [-0.4, -0.2) is 36.7 Å². The van der Waals surface area contributed by atoms with Gasteiger partial charge in [-0.3, -0.25) is 9.69 Å². The molecule has 1 amide bonds. The van der Waals surface area contributed by atoms with Gasteiger partial charge in [0.15, 0.2) is 16.7 Å². The van der Waals surface area contributed by atoms with Crippen LogP contribution < -0.4 is 9.47 Å². The van der Waals surface area contributed by atoms with Gasteiger partial charge >= 0.3 is 0 Å². The summed E-state index contributed by atoms with van der Waals surface area (Å²) in [6, 6.07) is 23.5. The number of thioether (sulfide) groups is 1. The van der Waals surface area contributed by atoms with Crippen LogP contribution in [0.4, 0.5) is 5.69 Å². The quantitative estimate of drug-likeness (QED) is 0.341. The van der Waals surface area contributed by atoms with Crippen LogP contribution in [-0.2, 0) is 11.2 Å². The van der Waals surface area contributed by atoms with E-state index in [4.69, 9.17) is 14.5 Å². The molecule has 3 aromatic rings. The van der Waals surface area contributed by atoms with Crippen LogP contribution in [0.25, 0.3) is 6.08 Å². The number of hydrogen-bond donors (Lipinski definition) is 0. The van der Waals surface area contributed by atoms with Gasteiger partial charge in [-0.05, 0) is 59.7 Å². The van der Waals surface area contributed by atoms with Crippen molar-refractivity contribution in [1.82, 2.24) is 4.90 Å². The molecule has 0 atom stereocenters. The van der Waals surface area contributed by atoms with E-state index in [1.165, 1.54) is 17.3 Å². The molecule has 1 aliphatic rings. The van der Waals surface area contributed by atoms with Crippen molar-refractivity contribution in [2.24, 2.45) is 4.99 Å². The molecular formula is C26H23BrN2O3S. The second kappa shape index (κ2) is 10.7. The molecule has 33 heavy (non-hydrogen) atoms. The van der Waals surface area contributed by atoms with Crippen LogP contribution in [0, 0.1) is 0 Å². The summed E-state index contributed by atoms with van der Waals surface area (Å²) in [6.07, 6.45) is 2.61. The third-order valence-corrected chi connectivity index (χ3v) is 6.82. The first kappa shape index (κ1) is 23.1. The molecule has 4 rings (SSSR count). The first-order valence-electron chi connectivity index (χ1n) is 10.4. The molecule has 1 heterocycles. The number of benzene rings is 3. The molecule has 0 N–H and O–H groups in total. The fourth-order valence-electron chi connectivity index (χ4n) is 3.41. The summed E-state index contributed by atoms with van der Waals surface area (Å²) >= 11 is 4.96. The lowest BCUT2D eigenvalue weighted by atomic mass is 10.1. The van der Waals surface area contributed by atoms with Crippen molar-refractivity contribution in [2.45, 2.75) is 6.42 Å². The number of nitrogens with zero attached hydrogens (tertiary/aromatic N) is 2. The molecule has 5 nitrogen and oxygen atoms in total. The highest BCUT2D eigenvalue weighted by Gasteiger charge is 2.33. The summed E-state index contributed by atoms with van der Waals surface area (Å²) in [5.74, 6) is 1.15. The number of rotatable bonds is 7. The van der Waals surface area contributed by atoms with Crippen molar-refractivity contribution in [2.75, 3.05) is 20.8 Å². The Morgan fingerprint density at radius 3 is 2.27 bits per heavy atom. The maximum atomic E-state index is 13.4. The number of para-hydroxylation sites is 1. The molecule has 1 saturated heterocycles. The minimum Gasteiger partial charge on any atom is -0.493 e. The van der Waals surface area contributed by atoms with Gasteiger partial charge in [0.25, 0.3) is 5.91 Å². The Labute approximate surface area is 206 Å². The Balaban J connectivity index is 1.67. The fraction of sp³-hybridized carbons (Fsp3) is 0.154. The first-order chi connectivity index (χ1) is 16.1. The fourth-order valence-corrected chi connectivity index (χ4v) is 4.86. The SMILES string of the molecule is COc1cc(Br)c(/C=C2/SC(=Nc3ccccc3)N(CCc3ccccc3)C2=O)cc1OC. The van der Waals surface area contributed by atoms with Gasteiger partial charge in [-0.1, -0.05) is 64.5 Å². The molecule has 0 spiro atoms. The van der Waals surface area contributed by atoms with Crippen molar-refractivity contribution in [3.63, 3.8) is 0 Å². The van der Waals surface area contributed by atoms with E-state index in [0.29, 0.717) is 28.1 Å². The highest BCUT2D eigenvalue weighted by molar-refractivity contribution is 9.10. The van der Waals surface area contributed by atoms with Crippen molar-refractivity contribution >= 4 is 50.5 Å². The zero-order chi connectivity index (χ0) is 23.2. The lowest BCUT2D eigenvalue weighted by Gasteiger charge is -2.15. The molecule has 0 aromatic heterocycles. The lowest BCUT2D eigenvalue weighted by Crippen LogP contribution is -2.31. The van der Waals surface area contributed by atoms with Crippen LogP contribution >= 0.6 is 27.7 Å². The van der Waals surface area contributed by atoms with E-state index in [-0.39, 0.29) is 5.91 Å². The Morgan fingerprint density at radius 2 is 1.61 bits per heavy atom. The van der Waals surface area contributed by atoms with Crippen LogP contribution in [0.1, 0.15) is 11.1 Å². The van der Waals surface area contributed by atoms with Crippen LogP contribution in [0.3, 0.4) is 0 Å². The van der Waals surface area contributed by atoms with Crippen LogP contribution in [0.2, 0.25) is 0 Å². The average Bonchev–Trinajstić information content (AvgIpc) is 3.13. The Kier molecular flexibility index (Phi) is 7.52. The molecule has 168 valence electrons. The van der Waals surface area contributed by atoms with E-state index >= 15 is 0 Å². The second-order valence-electron chi connectivity index (χ2n) is 7.26. The highest BCUT2D eigenvalue weighted by atomic mass is 79.9. The number of amides is 1. The van der Waals surface area contributed by atoms with Gasteiger partial charge in [0, 0.05) is 11.0 Å². The van der Waals surface area contributed by atoms with Gasteiger partial charge in [0.05, 0.1) is 24.8 Å². The number of ether oxygens (including phenoxy) is 2. The normalized spacial score (nSPS) is 16.0. The van der Waals surface area contributed by atoms with E-state index in [1.807, 2.05) is 66.7 Å². The van der Waals surface area contributed by atoms with E-state index in [9.17, 15) is 4.79 Å². The average molecular weight is 523 g/mol. The van der Waals surface area contributed by atoms with Gasteiger partial charge in [0.1, 0.15) is 0 Å². The number of carbonyl (C=O) groups is 1. The summed E-state index contributed by atoms with van der Waals surface area (Å²) in [6.45, 7) is 0.548. The molecule has 0 radical (unpaired) electrons. The Bertz CT molecular complexity index is 1200. The van der Waals surface area contributed by atoms with Crippen molar-refractivity contribution in [3.8, 4) is 11.5 Å². The summed E-state index contributed by atoms with van der Waals surface area (Å²) in [4.78, 5) is 20.5. The van der Waals surface area contributed by atoms with Crippen LogP contribution in [0.5, 0.6) is 11.5 Å². The standard InChI is InChI=1S/C26H23BrN2O3S/c1-31-22-15-19(21(27)17-23(22)32-2)16-24-25(30)29(14-13-18-9-5-3-6-10-18)26(33-24)28-20-11-7-4-8-12-20/h3-12,15-17H,13-14H2,1-2H3/b24-16+,28-26?. The van der Waals surface area contributed by atoms with Gasteiger partial charge in [-0.15, -0.1) is 0 Å². The third-order valence-electron chi connectivity index (χ3n) is 5.13. The minimum absolute atomic E-state index is 0.0627. The monoisotopic (exact) mass is 522 g/mol. The van der Waals surface area contributed by atoms with E-state index < -0.39 is 0 Å². The molecule has 7 heteroatoms. The summed E-state index contributed by atoms with van der Waals surface area (Å²) in [5.41, 5.74) is 2.81. The first-order valence-corrected chi connectivity index (χ1v) is 12.0. The molecule has 1 aliphatic heterocycles. The summed E-state index contributed by atoms with van der Waals surface area (Å²) < 4.78 is 11.6. The van der Waals surface area contributed by atoms with Gasteiger partial charge < -0.3 is 9.47 Å². The van der Waals surface area contributed by atoms with Crippen molar-refractivity contribution in [1.29, 1.82) is 0 Å². The largest absolute Gasteiger partial charge is 0.493 e. The molecule has 0 unspecified atom stereocenters. The number of methoxy groups -OCH3 is 2. The number of amidine groups is 1. The Hall–Kier alpha value is -3.03. The predicted molar refractivity (Wildman–Crippen MR) is 138 cm³/mol. The second-order valence-corrected chi connectivity index (χ2v) is 9.13. The zero-order valence-corrected chi connectivity index (χ0v) is 20.7. The number of carbonyl (C=O) groups excluding carboxylic acids is 1. The van der Waals surface area contributed by atoms with Gasteiger partial charge in [0.2, 0.25) is 0 Å². The highest BCUT2D eigenvalue weighted by Crippen LogP contribution is 2.38. The predicted octanol–water partition coefficient (Wildman–Crippen LogP) is 6.31. The van der Waals surface area contributed by atoms with Crippen molar-refractivity contribution < 1.29 is 14.3 Å². The maximum Gasteiger partial charge on any atom is 0.266 e. The summed E-state index contributed by atoms with van der Waals surface area (Å²) in [7, 11) is 3.18. The van der Waals surface area contributed by atoms with E-state index in [0.717, 1.165) is 22.1 Å². The van der Waals surface area contributed by atoms with Gasteiger partial charge in [-0.25, -0.2) is 4.99 Å². The molecule has 3 aromatic carbocycles. The lowest BCUT2D eigenvalue weighted by molar-refractivity contribution is -0.122. The third kappa shape index (κ3) is 5.49. The molecule has 0 aliphatic carbocycles. The molecule has 1 fully saturated rings. The zero-order valence-electron chi connectivity index (χ0n) is 18.3. The Morgan fingerprint density at radius 1 is 0.970 bits per heavy atom. The topological polar surface area (TPSA) is 51.1 Å². The van der Waals surface area contributed by atoms with Gasteiger partial charge in [-0.2, -0.15) is 0 Å². The number of halogens is 1.